The predicted molar refractivity (Wildman–Crippen MR) is 84.2 cm³/mol. The van der Waals surface area contributed by atoms with E-state index in [2.05, 4.69) is 21.2 Å². The highest BCUT2D eigenvalue weighted by molar-refractivity contribution is 9.10. The van der Waals surface area contributed by atoms with Crippen LogP contribution >= 0.6 is 15.9 Å². The third kappa shape index (κ3) is 5.02. The number of rotatable bonds is 7. The normalized spacial score (nSPS) is 10.6. The van der Waals surface area contributed by atoms with Crippen LogP contribution in [0, 0.1) is 6.92 Å². The van der Waals surface area contributed by atoms with Gasteiger partial charge in [-0.1, -0.05) is 15.9 Å². The maximum absolute atomic E-state index is 12.0. The Labute approximate surface area is 132 Å². The summed E-state index contributed by atoms with van der Waals surface area (Å²) in [5, 5.41) is 2.90. The molecule has 0 aliphatic rings. The zero-order valence-electron chi connectivity index (χ0n) is 11.9. The first-order valence-electron chi connectivity index (χ1n) is 6.81. The zero-order valence-corrected chi connectivity index (χ0v) is 13.5. The highest BCUT2D eigenvalue weighted by Gasteiger charge is 2.08. The molecule has 0 fully saturated rings. The quantitative estimate of drug-likeness (QED) is 0.774. The first-order valence-corrected chi connectivity index (χ1v) is 7.60. The Morgan fingerprint density at radius 2 is 2.24 bits per heavy atom. The van der Waals surface area contributed by atoms with Crippen LogP contribution in [-0.2, 0) is 11.3 Å². The van der Waals surface area contributed by atoms with E-state index in [9.17, 15) is 4.79 Å². The van der Waals surface area contributed by atoms with Crippen LogP contribution in [0.4, 0.5) is 0 Å². The van der Waals surface area contributed by atoms with Crippen molar-refractivity contribution in [3.05, 3.63) is 58.0 Å². The molecular formula is C16H18BrNO3. The number of furan rings is 1. The van der Waals surface area contributed by atoms with Crippen molar-refractivity contribution in [2.24, 2.45) is 0 Å². The van der Waals surface area contributed by atoms with Crippen LogP contribution in [0.2, 0.25) is 0 Å². The van der Waals surface area contributed by atoms with Gasteiger partial charge in [-0.2, -0.15) is 0 Å². The molecule has 5 heteroatoms. The summed E-state index contributed by atoms with van der Waals surface area (Å²) in [6.45, 7) is 3.56. The molecule has 0 atom stereocenters. The van der Waals surface area contributed by atoms with Crippen LogP contribution in [0.15, 0.2) is 45.5 Å². The summed E-state index contributed by atoms with van der Waals surface area (Å²) in [6, 6.07) is 9.33. The minimum Gasteiger partial charge on any atom is -0.467 e. The van der Waals surface area contributed by atoms with Crippen molar-refractivity contribution in [1.82, 2.24) is 5.32 Å². The molecule has 0 aliphatic carbocycles. The second-order valence-corrected chi connectivity index (χ2v) is 5.62. The van der Waals surface area contributed by atoms with Gasteiger partial charge in [-0.05, 0) is 49.2 Å². The SMILES string of the molecule is Cc1cc(Br)ccc1C(=O)NCCCOCc1ccco1. The standard InChI is InChI=1S/C16H18BrNO3/c1-12-10-13(17)5-6-15(12)16(19)18-7-3-8-20-11-14-4-2-9-21-14/h2,4-6,9-10H,3,7-8,11H2,1H3,(H,18,19). The van der Waals surface area contributed by atoms with Gasteiger partial charge in [0, 0.05) is 23.2 Å². The highest BCUT2D eigenvalue weighted by Crippen LogP contribution is 2.15. The van der Waals surface area contributed by atoms with Crippen molar-refractivity contribution < 1.29 is 13.9 Å². The molecule has 21 heavy (non-hydrogen) atoms. The zero-order chi connectivity index (χ0) is 15.1. The van der Waals surface area contributed by atoms with E-state index < -0.39 is 0 Å². The van der Waals surface area contributed by atoms with Crippen LogP contribution in [0.25, 0.3) is 0 Å². The smallest absolute Gasteiger partial charge is 0.251 e. The van der Waals surface area contributed by atoms with Gasteiger partial charge in [0.1, 0.15) is 12.4 Å². The summed E-state index contributed by atoms with van der Waals surface area (Å²) in [5.41, 5.74) is 1.66. The molecule has 1 N–H and O–H groups in total. The topological polar surface area (TPSA) is 51.5 Å². The Hall–Kier alpha value is -1.59. The maximum Gasteiger partial charge on any atom is 0.251 e. The minimum absolute atomic E-state index is 0.0500. The van der Waals surface area contributed by atoms with Crippen LogP contribution < -0.4 is 5.32 Å². The van der Waals surface area contributed by atoms with Gasteiger partial charge >= 0.3 is 0 Å². The van der Waals surface area contributed by atoms with Crippen molar-refractivity contribution in [2.45, 2.75) is 20.0 Å². The van der Waals surface area contributed by atoms with Crippen LogP contribution in [0.5, 0.6) is 0 Å². The summed E-state index contributed by atoms with van der Waals surface area (Å²) in [6.07, 6.45) is 2.39. The highest BCUT2D eigenvalue weighted by atomic mass is 79.9. The van der Waals surface area contributed by atoms with Crippen LogP contribution in [0.1, 0.15) is 28.1 Å². The van der Waals surface area contributed by atoms with Gasteiger partial charge in [0.2, 0.25) is 0 Å². The van der Waals surface area contributed by atoms with Gasteiger partial charge in [0.15, 0.2) is 0 Å². The number of carbonyl (C=O) groups excluding carboxylic acids is 1. The lowest BCUT2D eigenvalue weighted by molar-refractivity contribution is 0.0916. The van der Waals surface area contributed by atoms with Gasteiger partial charge in [-0.25, -0.2) is 0 Å². The predicted octanol–water partition coefficient (Wildman–Crippen LogP) is 3.69. The summed E-state index contributed by atoms with van der Waals surface area (Å²) in [7, 11) is 0. The van der Waals surface area contributed by atoms with Gasteiger partial charge in [0.25, 0.3) is 5.91 Å². The molecule has 0 bridgehead atoms. The molecular weight excluding hydrogens is 334 g/mol. The van der Waals surface area contributed by atoms with Crippen molar-refractivity contribution in [1.29, 1.82) is 0 Å². The molecule has 0 saturated heterocycles. The van der Waals surface area contributed by atoms with Crippen LogP contribution in [-0.4, -0.2) is 19.1 Å². The van der Waals surface area contributed by atoms with Crippen molar-refractivity contribution >= 4 is 21.8 Å². The van der Waals surface area contributed by atoms with E-state index in [1.807, 2.05) is 37.3 Å². The number of halogens is 1. The Morgan fingerprint density at radius 1 is 1.38 bits per heavy atom. The molecule has 0 spiro atoms. The third-order valence-corrected chi connectivity index (χ3v) is 3.50. The van der Waals surface area contributed by atoms with Gasteiger partial charge in [-0.3, -0.25) is 4.79 Å². The molecule has 2 aromatic rings. The molecule has 1 aromatic heterocycles. The summed E-state index contributed by atoms with van der Waals surface area (Å²) in [5.74, 6) is 0.760. The van der Waals surface area contributed by atoms with E-state index >= 15 is 0 Å². The second kappa shape index (κ2) is 8.00. The van der Waals surface area contributed by atoms with Gasteiger partial charge in [-0.15, -0.1) is 0 Å². The molecule has 4 nitrogen and oxygen atoms in total. The first-order chi connectivity index (χ1) is 10.2. The minimum atomic E-state index is -0.0500. The molecule has 0 unspecified atom stereocenters. The van der Waals surface area contributed by atoms with E-state index in [1.54, 1.807) is 6.26 Å². The Kier molecular flexibility index (Phi) is 6.02. The number of hydrogen-bond acceptors (Lipinski definition) is 3. The van der Waals surface area contributed by atoms with Crippen LogP contribution in [0.3, 0.4) is 0 Å². The van der Waals surface area contributed by atoms with Crippen molar-refractivity contribution in [3.63, 3.8) is 0 Å². The third-order valence-electron chi connectivity index (χ3n) is 3.01. The van der Waals surface area contributed by atoms with E-state index in [-0.39, 0.29) is 5.91 Å². The average molecular weight is 352 g/mol. The van der Waals surface area contributed by atoms with E-state index in [1.165, 1.54) is 0 Å². The molecule has 0 radical (unpaired) electrons. The molecule has 112 valence electrons. The fourth-order valence-electron chi connectivity index (χ4n) is 1.92. The molecule has 0 aliphatic heterocycles. The lowest BCUT2D eigenvalue weighted by Crippen LogP contribution is -2.25. The Bertz CT molecular complexity index is 581. The first kappa shape index (κ1) is 15.8. The number of carbonyl (C=O) groups is 1. The fourth-order valence-corrected chi connectivity index (χ4v) is 2.40. The molecule has 1 amide bonds. The number of hydrogen-bond donors (Lipinski definition) is 1. The molecule has 1 heterocycles. The molecule has 1 aromatic carbocycles. The lowest BCUT2D eigenvalue weighted by Gasteiger charge is -2.08. The summed E-state index contributed by atoms with van der Waals surface area (Å²) < 4.78 is 11.6. The van der Waals surface area contributed by atoms with Crippen molar-refractivity contribution in [3.8, 4) is 0 Å². The fraction of sp³-hybridized carbons (Fsp3) is 0.312. The van der Waals surface area contributed by atoms with E-state index in [4.69, 9.17) is 9.15 Å². The summed E-state index contributed by atoms with van der Waals surface area (Å²) in [4.78, 5) is 12.0. The maximum atomic E-state index is 12.0. The van der Waals surface area contributed by atoms with E-state index in [0.29, 0.717) is 25.3 Å². The van der Waals surface area contributed by atoms with E-state index in [0.717, 1.165) is 22.2 Å². The molecule has 0 saturated carbocycles. The van der Waals surface area contributed by atoms with Gasteiger partial charge in [0.05, 0.1) is 6.26 Å². The number of nitrogens with one attached hydrogen (secondary N) is 1. The average Bonchev–Trinajstić information content (AvgIpc) is 2.95. The number of benzene rings is 1. The van der Waals surface area contributed by atoms with Crippen molar-refractivity contribution in [2.75, 3.05) is 13.2 Å². The largest absolute Gasteiger partial charge is 0.467 e. The monoisotopic (exact) mass is 351 g/mol. The Balaban J connectivity index is 1.65. The number of ether oxygens (including phenoxy) is 1. The number of aryl methyl sites for hydroxylation is 1. The second-order valence-electron chi connectivity index (χ2n) is 4.70. The Morgan fingerprint density at radius 3 is 2.95 bits per heavy atom. The van der Waals surface area contributed by atoms with Gasteiger partial charge < -0.3 is 14.5 Å². The summed E-state index contributed by atoms with van der Waals surface area (Å²) >= 11 is 3.39. The lowest BCUT2D eigenvalue weighted by atomic mass is 10.1. The number of amides is 1. The molecule has 2 rings (SSSR count).